The van der Waals surface area contributed by atoms with Gasteiger partial charge >= 0.3 is 0 Å². The van der Waals surface area contributed by atoms with Gasteiger partial charge in [-0.05, 0) is 34.5 Å². The topological polar surface area (TPSA) is 42.0 Å². The average Bonchev–Trinajstić information content (AvgIpc) is 3.17. The molecule has 0 spiro atoms. The highest BCUT2D eigenvalue weighted by atomic mass is 79.9. The van der Waals surface area contributed by atoms with Gasteiger partial charge in [-0.25, -0.2) is 4.98 Å². The van der Waals surface area contributed by atoms with Gasteiger partial charge in [0, 0.05) is 22.4 Å². The van der Waals surface area contributed by atoms with Gasteiger partial charge in [0.1, 0.15) is 5.01 Å². The summed E-state index contributed by atoms with van der Waals surface area (Å²) < 4.78 is 1.12. The Balaban J connectivity index is 1.49. The maximum atomic E-state index is 12.0. The third kappa shape index (κ3) is 4.73. The number of benzene rings is 1. The molecule has 2 heterocycles. The van der Waals surface area contributed by atoms with Crippen molar-refractivity contribution in [3.63, 3.8) is 0 Å². The molecule has 0 aliphatic carbocycles. The molecule has 1 aromatic carbocycles. The van der Waals surface area contributed by atoms with Crippen molar-refractivity contribution >= 4 is 44.5 Å². The van der Waals surface area contributed by atoms with Crippen LogP contribution in [0.15, 0.2) is 51.6 Å². The molecule has 1 N–H and O–H groups in total. The summed E-state index contributed by atoms with van der Waals surface area (Å²) in [5.41, 5.74) is 1.91. The Bertz CT molecular complexity index is 783. The molecule has 0 saturated carbocycles. The second-order valence-electron chi connectivity index (χ2n) is 4.99. The number of hydrogen-bond donors (Lipinski definition) is 1. The van der Waals surface area contributed by atoms with E-state index in [4.69, 9.17) is 0 Å². The lowest BCUT2D eigenvalue weighted by Crippen LogP contribution is -2.27. The van der Waals surface area contributed by atoms with Gasteiger partial charge in [-0.1, -0.05) is 30.3 Å². The maximum absolute atomic E-state index is 12.0. The Morgan fingerprint density at radius 3 is 2.74 bits per heavy atom. The van der Waals surface area contributed by atoms with Crippen molar-refractivity contribution in [2.75, 3.05) is 6.54 Å². The van der Waals surface area contributed by atoms with Crippen LogP contribution in [0.5, 0.6) is 0 Å². The maximum Gasteiger partial charge on any atom is 0.226 e. The molecular formula is C17H15BrN2OS2. The molecule has 23 heavy (non-hydrogen) atoms. The molecule has 0 bridgehead atoms. The van der Waals surface area contributed by atoms with Crippen molar-refractivity contribution in [1.82, 2.24) is 10.3 Å². The molecule has 3 nitrogen and oxygen atoms in total. The highest BCUT2D eigenvalue weighted by molar-refractivity contribution is 9.11. The zero-order valence-electron chi connectivity index (χ0n) is 12.3. The molecule has 6 heteroatoms. The number of halogens is 1. The summed E-state index contributed by atoms with van der Waals surface area (Å²) in [4.78, 5) is 17.8. The first-order valence-corrected chi connectivity index (χ1v) is 9.70. The zero-order chi connectivity index (χ0) is 16.1. The number of hydrogen-bond acceptors (Lipinski definition) is 4. The van der Waals surface area contributed by atoms with E-state index in [-0.39, 0.29) is 5.91 Å². The van der Waals surface area contributed by atoms with Crippen molar-refractivity contribution in [2.45, 2.75) is 12.8 Å². The van der Waals surface area contributed by atoms with Gasteiger partial charge < -0.3 is 5.32 Å². The van der Waals surface area contributed by atoms with E-state index in [1.807, 2.05) is 41.8 Å². The average molecular weight is 407 g/mol. The Morgan fingerprint density at radius 1 is 1.17 bits per heavy atom. The van der Waals surface area contributed by atoms with E-state index < -0.39 is 0 Å². The van der Waals surface area contributed by atoms with E-state index in [9.17, 15) is 4.79 Å². The molecule has 1 amide bonds. The predicted octanol–water partition coefficient (Wildman–Crippen LogP) is 4.54. The lowest BCUT2D eigenvalue weighted by atomic mass is 10.2. The summed E-state index contributed by atoms with van der Waals surface area (Å²) in [7, 11) is 0. The Kier molecular flexibility index (Phi) is 5.59. The van der Waals surface area contributed by atoms with Crippen LogP contribution in [0.1, 0.15) is 10.6 Å². The largest absolute Gasteiger partial charge is 0.355 e. The van der Waals surface area contributed by atoms with Gasteiger partial charge in [0.15, 0.2) is 0 Å². The SMILES string of the molecule is O=C(Cc1csc(-c2ccccc2)n1)NCCc1ccc(Br)s1. The lowest BCUT2D eigenvalue weighted by molar-refractivity contribution is -0.120. The number of rotatable bonds is 6. The minimum absolute atomic E-state index is 0.0190. The van der Waals surface area contributed by atoms with Crippen LogP contribution in [0.4, 0.5) is 0 Å². The van der Waals surface area contributed by atoms with Crippen LogP contribution in [-0.4, -0.2) is 17.4 Å². The summed E-state index contributed by atoms with van der Waals surface area (Å²) in [6.07, 6.45) is 1.19. The van der Waals surface area contributed by atoms with Gasteiger partial charge in [0.05, 0.1) is 15.9 Å². The standard InChI is InChI=1S/C17H15BrN2OS2/c18-15-7-6-14(23-15)8-9-19-16(21)10-13-11-22-17(20-13)12-4-2-1-3-5-12/h1-7,11H,8-10H2,(H,19,21). The summed E-state index contributed by atoms with van der Waals surface area (Å²) in [5.74, 6) is 0.0190. The van der Waals surface area contributed by atoms with Gasteiger partial charge in [-0.2, -0.15) is 0 Å². The number of nitrogens with zero attached hydrogens (tertiary/aromatic N) is 1. The van der Waals surface area contributed by atoms with Crippen molar-refractivity contribution in [3.05, 3.63) is 62.2 Å². The summed E-state index contributed by atoms with van der Waals surface area (Å²) in [5, 5.41) is 5.87. The number of aromatic nitrogens is 1. The molecule has 0 aliphatic rings. The van der Waals surface area contributed by atoms with Crippen LogP contribution in [-0.2, 0) is 17.6 Å². The van der Waals surface area contributed by atoms with Crippen LogP contribution in [0.25, 0.3) is 10.6 Å². The van der Waals surface area contributed by atoms with Crippen LogP contribution in [0, 0.1) is 0 Å². The molecule has 118 valence electrons. The molecule has 2 aromatic heterocycles. The minimum atomic E-state index is 0.0190. The molecule has 0 atom stereocenters. The summed E-state index contributed by atoms with van der Waals surface area (Å²) in [6, 6.07) is 14.1. The quantitative estimate of drug-likeness (QED) is 0.652. The third-order valence-electron chi connectivity index (χ3n) is 3.24. The van der Waals surface area contributed by atoms with E-state index in [2.05, 4.69) is 32.3 Å². The fourth-order valence-corrected chi connectivity index (χ4v) is 4.45. The number of nitrogens with one attached hydrogen (secondary N) is 1. The first kappa shape index (κ1) is 16.4. The molecule has 0 aliphatic heterocycles. The fraction of sp³-hybridized carbons (Fsp3) is 0.176. The summed E-state index contributed by atoms with van der Waals surface area (Å²) in [6.45, 7) is 0.654. The Morgan fingerprint density at radius 2 is 2.00 bits per heavy atom. The van der Waals surface area contributed by atoms with Gasteiger partial charge in [0.25, 0.3) is 0 Å². The van der Waals surface area contributed by atoms with Gasteiger partial charge in [-0.3, -0.25) is 4.79 Å². The van der Waals surface area contributed by atoms with Crippen LogP contribution < -0.4 is 5.32 Å². The first-order valence-electron chi connectivity index (χ1n) is 7.21. The molecule has 0 saturated heterocycles. The van der Waals surface area contributed by atoms with E-state index >= 15 is 0 Å². The van der Waals surface area contributed by atoms with Crippen LogP contribution in [0.3, 0.4) is 0 Å². The van der Waals surface area contributed by atoms with Gasteiger partial charge in [-0.15, -0.1) is 22.7 Å². The number of carbonyl (C=O) groups is 1. The van der Waals surface area contributed by atoms with Crippen molar-refractivity contribution in [2.24, 2.45) is 0 Å². The summed E-state index contributed by atoms with van der Waals surface area (Å²) >= 11 is 6.72. The van der Waals surface area contributed by atoms with E-state index in [1.165, 1.54) is 4.88 Å². The minimum Gasteiger partial charge on any atom is -0.355 e. The number of carbonyl (C=O) groups excluding carboxylic acids is 1. The Labute approximate surface area is 151 Å². The molecular weight excluding hydrogens is 392 g/mol. The highest BCUT2D eigenvalue weighted by Gasteiger charge is 2.09. The van der Waals surface area contributed by atoms with Crippen molar-refractivity contribution in [3.8, 4) is 10.6 Å². The lowest BCUT2D eigenvalue weighted by Gasteiger charge is -2.02. The number of thiazole rings is 1. The van der Waals surface area contributed by atoms with E-state index in [0.717, 1.165) is 26.5 Å². The monoisotopic (exact) mass is 406 g/mol. The van der Waals surface area contributed by atoms with E-state index in [0.29, 0.717) is 13.0 Å². The molecule has 3 rings (SSSR count). The molecule has 0 unspecified atom stereocenters. The second kappa shape index (κ2) is 7.86. The second-order valence-corrected chi connectivity index (χ2v) is 8.40. The Hall–Kier alpha value is -1.50. The third-order valence-corrected chi connectivity index (χ3v) is 5.86. The van der Waals surface area contributed by atoms with Gasteiger partial charge in [0.2, 0.25) is 5.91 Å². The molecule has 0 fully saturated rings. The first-order chi connectivity index (χ1) is 11.2. The number of amides is 1. The van der Waals surface area contributed by atoms with E-state index in [1.54, 1.807) is 22.7 Å². The predicted molar refractivity (Wildman–Crippen MR) is 100.0 cm³/mol. The fourth-order valence-electron chi connectivity index (χ4n) is 2.14. The zero-order valence-corrected chi connectivity index (χ0v) is 15.5. The van der Waals surface area contributed by atoms with Crippen molar-refractivity contribution in [1.29, 1.82) is 0 Å². The van der Waals surface area contributed by atoms with Crippen molar-refractivity contribution < 1.29 is 4.79 Å². The molecule has 3 aromatic rings. The molecule has 0 radical (unpaired) electrons. The van der Waals surface area contributed by atoms with Crippen LogP contribution >= 0.6 is 38.6 Å². The highest BCUT2D eigenvalue weighted by Crippen LogP contribution is 2.23. The van der Waals surface area contributed by atoms with Crippen LogP contribution in [0.2, 0.25) is 0 Å². The smallest absolute Gasteiger partial charge is 0.226 e. The number of thiophene rings is 1. The normalized spacial score (nSPS) is 10.7.